The molecular weight excluding hydrogens is 253 g/mol. The minimum atomic E-state index is 0.384. The molecule has 2 rings (SSSR count). The van der Waals surface area contributed by atoms with Crippen molar-refractivity contribution in [2.75, 3.05) is 6.54 Å². The van der Waals surface area contributed by atoms with Gasteiger partial charge in [-0.05, 0) is 48.9 Å². The van der Waals surface area contributed by atoms with Crippen molar-refractivity contribution in [3.63, 3.8) is 0 Å². The molecule has 0 amide bonds. The van der Waals surface area contributed by atoms with Gasteiger partial charge in [-0.3, -0.25) is 0 Å². The maximum absolute atomic E-state index is 6.30. The van der Waals surface area contributed by atoms with E-state index in [1.165, 1.54) is 12.0 Å². The van der Waals surface area contributed by atoms with Gasteiger partial charge in [-0.1, -0.05) is 43.1 Å². The Balaban J connectivity index is 2.19. The van der Waals surface area contributed by atoms with Crippen molar-refractivity contribution >= 4 is 23.2 Å². The van der Waals surface area contributed by atoms with E-state index in [0.717, 1.165) is 29.8 Å². The van der Waals surface area contributed by atoms with E-state index in [2.05, 4.69) is 25.2 Å². The maximum atomic E-state index is 6.30. The lowest BCUT2D eigenvalue weighted by Gasteiger charge is -2.20. The zero-order valence-electron chi connectivity index (χ0n) is 10.3. The molecule has 1 aromatic rings. The summed E-state index contributed by atoms with van der Waals surface area (Å²) in [5.74, 6) is 1.52. The molecule has 1 N–H and O–H groups in total. The van der Waals surface area contributed by atoms with Crippen molar-refractivity contribution in [2.45, 2.75) is 32.7 Å². The SMILES string of the molecule is CCCNC(c1ccc(Cl)cc1Cl)C1CC1C. The number of hydrogen-bond acceptors (Lipinski definition) is 1. The smallest absolute Gasteiger partial charge is 0.0468 e. The van der Waals surface area contributed by atoms with E-state index in [4.69, 9.17) is 23.2 Å². The summed E-state index contributed by atoms with van der Waals surface area (Å²) in [6.45, 7) is 5.52. The van der Waals surface area contributed by atoms with Gasteiger partial charge in [0.25, 0.3) is 0 Å². The molecular formula is C14H19Cl2N. The summed E-state index contributed by atoms with van der Waals surface area (Å²) in [7, 11) is 0. The quantitative estimate of drug-likeness (QED) is 0.819. The summed E-state index contributed by atoms with van der Waals surface area (Å²) in [5, 5.41) is 5.10. The third-order valence-electron chi connectivity index (χ3n) is 3.51. The first-order chi connectivity index (χ1) is 8.13. The van der Waals surface area contributed by atoms with Crippen molar-refractivity contribution in [1.82, 2.24) is 5.32 Å². The van der Waals surface area contributed by atoms with Crippen molar-refractivity contribution in [3.05, 3.63) is 33.8 Å². The van der Waals surface area contributed by atoms with Gasteiger partial charge in [-0.2, -0.15) is 0 Å². The molecule has 1 aliphatic rings. The molecule has 1 fully saturated rings. The summed E-state index contributed by atoms with van der Waals surface area (Å²) < 4.78 is 0. The van der Waals surface area contributed by atoms with Crippen LogP contribution in [0.25, 0.3) is 0 Å². The van der Waals surface area contributed by atoms with Crippen LogP contribution < -0.4 is 5.32 Å². The fourth-order valence-corrected chi connectivity index (χ4v) is 2.89. The van der Waals surface area contributed by atoms with E-state index < -0.39 is 0 Å². The maximum Gasteiger partial charge on any atom is 0.0468 e. The Bertz CT molecular complexity index is 392. The second kappa shape index (κ2) is 5.60. The molecule has 0 radical (unpaired) electrons. The van der Waals surface area contributed by atoms with Crippen LogP contribution in [0, 0.1) is 11.8 Å². The average molecular weight is 272 g/mol. The highest BCUT2D eigenvalue weighted by atomic mass is 35.5. The van der Waals surface area contributed by atoms with Crippen LogP contribution in [0.1, 0.15) is 38.3 Å². The summed E-state index contributed by atoms with van der Waals surface area (Å²) >= 11 is 12.2. The Morgan fingerprint density at radius 3 is 2.65 bits per heavy atom. The molecule has 1 aliphatic carbocycles. The van der Waals surface area contributed by atoms with Crippen molar-refractivity contribution in [3.8, 4) is 0 Å². The molecule has 3 unspecified atom stereocenters. The predicted octanol–water partition coefficient (Wildman–Crippen LogP) is 4.69. The normalized spacial score (nSPS) is 24.7. The number of halogens is 2. The molecule has 1 nitrogen and oxygen atoms in total. The second-order valence-corrected chi connectivity index (χ2v) is 5.82. The molecule has 0 heterocycles. The Hall–Kier alpha value is -0.240. The lowest BCUT2D eigenvalue weighted by molar-refractivity contribution is 0.463. The average Bonchev–Trinajstić information content (AvgIpc) is 2.99. The van der Waals surface area contributed by atoms with Gasteiger partial charge in [0.2, 0.25) is 0 Å². The Labute approximate surface area is 114 Å². The molecule has 0 saturated heterocycles. The van der Waals surface area contributed by atoms with E-state index in [0.29, 0.717) is 11.1 Å². The van der Waals surface area contributed by atoms with Crippen LogP contribution in [0.15, 0.2) is 18.2 Å². The zero-order chi connectivity index (χ0) is 12.4. The van der Waals surface area contributed by atoms with Gasteiger partial charge in [-0.15, -0.1) is 0 Å². The van der Waals surface area contributed by atoms with E-state index >= 15 is 0 Å². The Morgan fingerprint density at radius 2 is 2.12 bits per heavy atom. The van der Waals surface area contributed by atoms with Crippen LogP contribution in [0.5, 0.6) is 0 Å². The Morgan fingerprint density at radius 1 is 1.41 bits per heavy atom. The van der Waals surface area contributed by atoms with Crippen molar-refractivity contribution < 1.29 is 0 Å². The number of nitrogens with one attached hydrogen (secondary N) is 1. The fraction of sp³-hybridized carbons (Fsp3) is 0.571. The number of benzene rings is 1. The van der Waals surface area contributed by atoms with Crippen LogP contribution >= 0.6 is 23.2 Å². The first kappa shape index (κ1) is 13.2. The van der Waals surface area contributed by atoms with Crippen LogP contribution in [-0.2, 0) is 0 Å². The van der Waals surface area contributed by atoms with E-state index in [1.807, 2.05) is 12.1 Å². The van der Waals surface area contributed by atoms with Crippen LogP contribution in [0.3, 0.4) is 0 Å². The molecule has 3 atom stereocenters. The lowest BCUT2D eigenvalue weighted by Crippen LogP contribution is -2.24. The first-order valence-electron chi connectivity index (χ1n) is 6.31. The van der Waals surface area contributed by atoms with Gasteiger partial charge in [-0.25, -0.2) is 0 Å². The molecule has 0 aliphatic heterocycles. The monoisotopic (exact) mass is 271 g/mol. The van der Waals surface area contributed by atoms with Crippen LogP contribution in [0.4, 0.5) is 0 Å². The molecule has 0 bridgehead atoms. The summed E-state index contributed by atoms with van der Waals surface area (Å²) in [4.78, 5) is 0. The van der Waals surface area contributed by atoms with Gasteiger partial charge in [0.15, 0.2) is 0 Å². The molecule has 0 aromatic heterocycles. The van der Waals surface area contributed by atoms with Crippen molar-refractivity contribution in [1.29, 1.82) is 0 Å². The highest BCUT2D eigenvalue weighted by molar-refractivity contribution is 6.35. The Kier molecular flexibility index (Phi) is 4.35. The van der Waals surface area contributed by atoms with Gasteiger partial charge >= 0.3 is 0 Å². The second-order valence-electron chi connectivity index (χ2n) is 4.97. The highest BCUT2D eigenvalue weighted by Crippen LogP contribution is 2.48. The first-order valence-corrected chi connectivity index (χ1v) is 7.07. The topological polar surface area (TPSA) is 12.0 Å². The zero-order valence-corrected chi connectivity index (χ0v) is 11.9. The van der Waals surface area contributed by atoms with Crippen molar-refractivity contribution in [2.24, 2.45) is 11.8 Å². The third kappa shape index (κ3) is 3.15. The minimum absolute atomic E-state index is 0.384. The van der Waals surface area contributed by atoms with E-state index in [9.17, 15) is 0 Å². The third-order valence-corrected chi connectivity index (χ3v) is 4.07. The lowest BCUT2D eigenvalue weighted by atomic mass is 10.0. The standard InChI is InChI=1S/C14H19Cl2N/c1-3-6-17-14(12-7-9(12)2)11-5-4-10(15)8-13(11)16/h4-5,8-9,12,14,17H,3,6-7H2,1-2H3. The number of rotatable bonds is 5. The largest absolute Gasteiger partial charge is 0.310 e. The van der Waals surface area contributed by atoms with Gasteiger partial charge in [0.05, 0.1) is 0 Å². The van der Waals surface area contributed by atoms with Crippen LogP contribution in [-0.4, -0.2) is 6.54 Å². The predicted molar refractivity (Wildman–Crippen MR) is 74.8 cm³/mol. The molecule has 1 aromatic carbocycles. The van der Waals surface area contributed by atoms with Gasteiger partial charge in [0, 0.05) is 16.1 Å². The highest BCUT2D eigenvalue weighted by Gasteiger charge is 2.40. The summed E-state index contributed by atoms with van der Waals surface area (Å²) in [6, 6.07) is 6.21. The minimum Gasteiger partial charge on any atom is -0.310 e. The van der Waals surface area contributed by atoms with Crippen LogP contribution in [0.2, 0.25) is 10.0 Å². The van der Waals surface area contributed by atoms with Gasteiger partial charge < -0.3 is 5.32 Å². The number of hydrogen-bond donors (Lipinski definition) is 1. The molecule has 1 saturated carbocycles. The molecule has 0 spiro atoms. The van der Waals surface area contributed by atoms with E-state index in [-0.39, 0.29) is 0 Å². The fourth-order valence-electron chi connectivity index (χ4n) is 2.36. The van der Waals surface area contributed by atoms with E-state index in [1.54, 1.807) is 0 Å². The molecule has 3 heteroatoms. The summed E-state index contributed by atoms with van der Waals surface area (Å²) in [6.07, 6.45) is 2.43. The van der Waals surface area contributed by atoms with Gasteiger partial charge in [0.1, 0.15) is 0 Å². The molecule has 17 heavy (non-hydrogen) atoms. The summed E-state index contributed by atoms with van der Waals surface area (Å²) in [5.41, 5.74) is 1.19. The molecule has 94 valence electrons.